The molecule has 0 unspecified atom stereocenters. The zero-order valence-electron chi connectivity index (χ0n) is 6.09. The van der Waals surface area contributed by atoms with Crippen LogP contribution in [0.15, 0.2) is 4.99 Å². The SMILES string of the molecule is C[C@@H]1CN=C(N)[C@H](C)C1. The van der Waals surface area contributed by atoms with E-state index < -0.39 is 0 Å². The molecule has 0 bridgehead atoms. The van der Waals surface area contributed by atoms with E-state index in [0.717, 1.165) is 18.3 Å². The summed E-state index contributed by atoms with van der Waals surface area (Å²) in [7, 11) is 0. The number of aliphatic imine (C=N–C) groups is 1. The number of nitrogens with two attached hydrogens (primary N) is 1. The lowest BCUT2D eigenvalue weighted by molar-refractivity contribution is 0.465. The first kappa shape index (κ1) is 6.59. The van der Waals surface area contributed by atoms with Crippen molar-refractivity contribution in [2.45, 2.75) is 20.3 Å². The Kier molecular flexibility index (Phi) is 1.74. The number of rotatable bonds is 0. The van der Waals surface area contributed by atoms with E-state index in [2.05, 4.69) is 18.8 Å². The molecule has 0 amide bonds. The summed E-state index contributed by atoms with van der Waals surface area (Å²) < 4.78 is 0. The Morgan fingerprint density at radius 1 is 1.56 bits per heavy atom. The van der Waals surface area contributed by atoms with Crippen molar-refractivity contribution in [1.29, 1.82) is 0 Å². The number of amidine groups is 1. The molecule has 0 aliphatic carbocycles. The first-order chi connectivity index (χ1) is 4.20. The maximum atomic E-state index is 5.59. The van der Waals surface area contributed by atoms with E-state index in [1.165, 1.54) is 6.42 Å². The molecule has 0 fully saturated rings. The van der Waals surface area contributed by atoms with Crippen LogP contribution in [0.5, 0.6) is 0 Å². The van der Waals surface area contributed by atoms with Crippen LogP contribution in [-0.2, 0) is 0 Å². The van der Waals surface area contributed by atoms with Crippen molar-refractivity contribution in [2.24, 2.45) is 22.6 Å². The number of hydrogen-bond donors (Lipinski definition) is 1. The lowest BCUT2D eigenvalue weighted by Crippen LogP contribution is -2.28. The number of nitrogens with zero attached hydrogens (tertiary/aromatic N) is 1. The summed E-state index contributed by atoms with van der Waals surface area (Å²) in [6.45, 7) is 5.27. The average Bonchev–Trinajstić information content (AvgIpc) is 1.80. The highest BCUT2D eigenvalue weighted by molar-refractivity contribution is 5.82. The van der Waals surface area contributed by atoms with Crippen LogP contribution in [0.3, 0.4) is 0 Å². The van der Waals surface area contributed by atoms with Gasteiger partial charge in [-0.3, -0.25) is 4.99 Å². The van der Waals surface area contributed by atoms with Crippen molar-refractivity contribution in [3.05, 3.63) is 0 Å². The summed E-state index contributed by atoms with van der Waals surface area (Å²) in [6.07, 6.45) is 1.20. The van der Waals surface area contributed by atoms with Crippen LogP contribution in [-0.4, -0.2) is 12.4 Å². The summed E-state index contributed by atoms with van der Waals surface area (Å²) in [5, 5.41) is 0. The van der Waals surface area contributed by atoms with E-state index in [1.54, 1.807) is 0 Å². The normalized spacial score (nSPS) is 36.0. The van der Waals surface area contributed by atoms with E-state index in [-0.39, 0.29) is 0 Å². The van der Waals surface area contributed by atoms with Gasteiger partial charge in [0.05, 0.1) is 5.84 Å². The van der Waals surface area contributed by atoms with Gasteiger partial charge >= 0.3 is 0 Å². The highest BCUT2D eigenvalue weighted by Crippen LogP contribution is 2.16. The minimum atomic E-state index is 0.508. The minimum Gasteiger partial charge on any atom is -0.387 e. The maximum absolute atomic E-state index is 5.59. The molecular weight excluding hydrogens is 112 g/mol. The lowest BCUT2D eigenvalue weighted by Gasteiger charge is -2.20. The van der Waals surface area contributed by atoms with Gasteiger partial charge in [0, 0.05) is 12.5 Å². The molecule has 2 nitrogen and oxygen atoms in total. The topological polar surface area (TPSA) is 38.4 Å². The second kappa shape index (κ2) is 2.38. The van der Waals surface area contributed by atoms with Crippen LogP contribution in [0, 0.1) is 11.8 Å². The number of hydrogen-bond acceptors (Lipinski definition) is 2. The second-order valence-corrected chi connectivity index (χ2v) is 3.01. The van der Waals surface area contributed by atoms with Crippen molar-refractivity contribution >= 4 is 5.84 Å². The zero-order chi connectivity index (χ0) is 6.85. The van der Waals surface area contributed by atoms with E-state index in [4.69, 9.17) is 5.73 Å². The molecule has 0 aromatic heterocycles. The van der Waals surface area contributed by atoms with E-state index in [1.807, 2.05) is 0 Å². The summed E-state index contributed by atoms with van der Waals surface area (Å²) >= 11 is 0. The van der Waals surface area contributed by atoms with Crippen LogP contribution >= 0.6 is 0 Å². The molecule has 2 N–H and O–H groups in total. The highest BCUT2D eigenvalue weighted by atomic mass is 14.9. The summed E-state index contributed by atoms with van der Waals surface area (Å²) in [4.78, 5) is 4.19. The Balaban J connectivity index is 2.56. The highest BCUT2D eigenvalue weighted by Gasteiger charge is 2.16. The molecule has 1 aliphatic rings. The predicted molar refractivity (Wildman–Crippen MR) is 39.4 cm³/mol. The van der Waals surface area contributed by atoms with E-state index in [9.17, 15) is 0 Å². The molecule has 9 heavy (non-hydrogen) atoms. The van der Waals surface area contributed by atoms with E-state index in [0.29, 0.717) is 5.92 Å². The summed E-state index contributed by atoms with van der Waals surface area (Å²) in [5.41, 5.74) is 5.59. The van der Waals surface area contributed by atoms with Crippen molar-refractivity contribution < 1.29 is 0 Å². The first-order valence-corrected chi connectivity index (χ1v) is 3.50. The largest absolute Gasteiger partial charge is 0.387 e. The third kappa shape index (κ3) is 1.44. The maximum Gasteiger partial charge on any atom is 0.0965 e. The summed E-state index contributed by atoms with van der Waals surface area (Å²) in [5.74, 6) is 2.08. The summed E-state index contributed by atoms with van der Waals surface area (Å²) in [6, 6.07) is 0. The molecule has 0 spiro atoms. The van der Waals surface area contributed by atoms with Crippen molar-refractivity contribution in [2.75, 3.05) is 6.54 Å². The van der Waals surface area contributed by atoms with Crippen molar-refractivity contribution in [3.63, 3.8) is 0 Å². The molecule has 1 rings (SSSR count). The average molecular weight is 126 g/mol. The van der Waals surface area contributed by atoms with Crippen LogP contribution in [0.1, 0.15) is 20.3 Å². The Morgan fingerprint density at radius 3 is 2.67 bits per heavy atom. The predicted octanol–water partition coefficient (Wildman–Crippen LogP) is 1.02. The lowest BCUT2D eigenvalue weighted by atomic mass is 9.94. The third-order valence-electron chi connectivity index (χ3n) is 1.85. The molecule has 0 saturated carbocycles. The Labute approximate surface area is 56.2 Å². The van der Waals surface area contributed by atoms with Crippen LogP contribution < -0.4 is 5.73 Å². The molecular formula is C7H14N2. The fourth-order valence-electron chi connectivity index (χ4n) is 1.22. The van der Waals surface area contributed by atoms with Gasteiger partial charge in [-0.25, -0.2) is 0 Å². The van der Waals surface area contributed by atoms with E-state index >= 15 is 0 Å². The standard InChI is InChI=1S/C7H14N2/c1-5-3-6(2)7(8)9-4-5/h5-6H,3-4H2,1-2H3,(H2,8,9)/t5-,6+/m0/s1. The van der Waals surface area contributed by atoms with Gasteiger partial charge in [0.25, 0.3) is 0 Å². The Morgan fingerprint density at radius 2 is 2.22 bits per heavy atom. The minimum absolute atomic E-state index is 0.508. The molecule has 1 heterocycles. The van der Waals surface area contributed by atoms with Gasteiger partial charge in [-0.2, -0.15) is 0 Å². The fraction of sp³-hybridized carbons (Fsp3) is 0.857. The van der Waals surface area contributed by atoms with Gasteiger partial charge in [-0.1, -0.05) is 13.8 Å². The monoisotopic (exact) mass is 126 g/mol. The van der Waals surface area contributed by atoms with Gasteiger partial charge < -0.3 is 5.73 Å². The van der Waals surface area contributed by atoms with Crippen molar-refractivity contribution in [1.82, 2.24) is 0 Å². The van der Waals surface area contributed by atoms with Crippen LogP contribution in [0.25, 0.3) is 0 Å². The Hall–Kier alpha value is -0.530. The second-order valence-electron chi connectivity index (χ2n) is 3.01. The molecule has 2 atom stereocenters. The Bertz CT molecular complexity index is 129. The van der Waals surface area contributed by atoms with Crippen LogP contribution in [0.4, 0.5) is 0 Å². The molecule has 0 aromatic rings. The quantitative estimate of drug-likeness (QED) is 0.517. The third-order valence-corrected chi connectivity index (χ3v) is 1.85. The van der Waals surface area contributed by atoms with Gasteiger partial charge in [0.15, 0.2) is 0 Å². The van der Waals surface area contributed by atoms with Crippen LogP contribution in [0.2, 0.25) is 0 Å². The molecule has 52 valence electrons. The fourth-order valence-corrected chi connectivity index (χ4v) is 1.22. The molecule has 2 heteroatoms. The van der Waals surface area contributed by atoms with Gasteiger partial charge in [0.2, 0.25) is 0 Å². The van der Waals surface area contributed by atoms with Gasteiger partial charge in [0.1, 0.15) is 0 Å². The molecule has 0 aromatic carbocycles. The van der Waals surface area contributed by atoms with Gasteiger partial charge in [-0.15, -0.1) is 0 Å². The molecule has 1 aliphatic heterocycles. The van der Waals surface area contributed by atoms with Gasteiger partial charge in [-0.05, 0) is 12.3 Å². The zero-order valence-corrected chi connectivity index (χ0v) is 6.09. The smallest absolute Gasteiger partial charge is 0.0965 e. The molecule has 0 radical (unpaired) electrons. The molecule has 0 saturated heterocycles. The first-order valence-electron chi connectivity index (χ1n) is 3.50. The van der Waals surface area contributed by atoms with Crippen molar-refractivity contribution in [3.8, 4) is 0 Å².